The van der Waals surface area contributed by atoms with Gasteiger partial charge in [0.15, 0.2) is 0 Å². The fourth-order valence-electron chi connectivity index (χ4n) is 1.46. The molecule has 0 atom stereocenters. The number of thiazole rings is 1. The molecule has 80 valence electrons. The highest BCUT2D eigenvalue weighted by molar-refractivity contribution is 7.13. The van der Waals surface area contributed by atoms with Crippen LogP contribution >= 0.6 is 11.3 Å². The van der Waals surface area contributed by atoms with Crippen molar-refractivity contribution in [1.82, 2.24) is 4.98 Å². The van der Waals surface area contributed by atoms with Gasteiger partial charge in [0.2, 0.25) is 0 Å². The number of hydrogen-bond donors (Lipinski definition) is 0. The molecule has 0 spiro atoms. The van der Waals surface area contributed by atoms with E-state index in [4.69, 9.17) is 5.26 Å². The Kier molecular flexibility index (Phi) is 2.97. The molecule has 0 N–H and O–H groups in total. The van der Waals surface area contributed by atoms with Gasteiger partial charge in [0.1, 0.15) is 10.8 Å². The number of rotatable bonds is 2. The Morgan fingerprint density at radius 2 is 2.31 bits per heavy atom. The highest BCUT2D eigenvalue weighted by Gasteiger charge is 2.07. The maximum atomic E-state index is 12.9. The molecule has 1 aromatic heterocycles. The van der Waals surface area contributed by atoms with Gasteiger partial charge in [0, 0.05) is 10.9 Å². The fraction of sp³-hybridized carbons (Fsp3) is 0.167. The van der Waals surface area contributed by atoms with Crippen LogP contribution in [0.4, 0.5) is 4.39 Å². The van der Waals surface area contributed by atoms with Crippen molar-refractivity contribution in [2.75, 3.05) is 0 Å². The Hall–Kier alpha value is -1.73. The predicted octanol–water partition coefficient (Wildman–Crippen LogP) is 3.32. The van der Waals surface area contributed by atoms with E-state index in [9.17, 15) is 4.39 Å². The maximum Gasteiger partial charge on any atom is 0.123 e. The SMILES string of the molecule is Cc1cc(F)ccc1-c1nc(CC#N)cs1. The van der Waals surface area contributed by atoms with E-state index in [2.05, 4.69) is 11.1 Å². The van der Waals surface area contributed by atoms with Crippen molar-refractivity contribution in [1.29, 1.82) is 5.26 Å². The van der Waals surface area contributed by atoms with Crippen LogP contribution in [0.1, 0.15) is 11.3 Å². The number of hydrogen-bond acceptors (Lipinski definition) is 3. The van der Waals surface area contributed by atoms with Crippen LogP contribution in [0.15, 0.2) is 23.6 Å². The van der Waals surface area contributed by atoms with Gasteiger partial charge in [-0.2, -0.15) is 5.26 Å². The van der Waals surface area contributed by atoms with Crippen LogP contribution in [0.2, 0.25) is 0 Å². The first-order valence-corrected chi connectivity index (χ1v) is 5.66. The summed E-state index contributed by atoms with van der Waals surface area (Å²) < 4.78 is 12.9. The van der Waals surface area contributed by atoms with Gasteiger partial charge in [-0.15, -0.1) is 11.3 Å². The van der Waals surface area contributed by atoms with Crippen molar-refractivity contribution in [2.24, 2.45) is 0 Å². The molecule has 2 rings (SSSR count). The normalized spacial score (nSPS) is 10.1. The average Bonchev–Trinajstić information content (AvgIpc) is 2.67. The largest absolute Gasteiger partial charge is 0.240 e. The Labute approximate surface area is 97.0 Å². The van der Waals surface area contributed by atoms with E-state index in [1.165, 1.54) is 23.5 Å². The summed E-state index contributed by atoms with van der Waals surface area (Å²) in [5.41, 5.74) is 2.56. The minimum absolute atomic E-state index is 0.241. The molecule has 0 amide bonds. The molecule has 2 nitrogen and oxygen atoms in total. The third kappa shape index (κ3) is 2.10. The molecule has 0 saturated carbocycles. The Morgan fingerprint density at radius 3 is 3.00 bits per heavy atom. The van der Waals surface area contributed by atoms with Gasteiger partial charge in [-0.05, 0) is 30.7 Å². The standard InChI is InChI=1S/C12H9FN2S/c1-8-6-9(13)2-3-11(8)12-15-10(4-5-14)7-16-12/h2-3,6-7H,4H2,1H3. The molecule has 1 heterocycles. The fourth-order valence-corrected chi connectivity index (χ4v) is 2.37. The molecule has 0 fully saturated rings. The van der Waals surface area contributed by atoms with Crippen LogP contribution in [0, 0.1) is 24.1 Å². The van der Waals surface area contributed by atoms with E-state index in [-0.39, 0.29) is 5.82 Å². The zero-order valence-corrected chi connectivity index (χ0v) is 9.51. The molecule has 0 radical (unpaired) electrons. The summed E-state index contributed by atoms with van der Waals surface area (Å²) in [4.78, 5) is 4.33. The van der Waals surface area contributed by atoms with E-state index in [1.807, 2.05) is 12.3 Å². The minimum Gasteiger partial charge on any atom is -0.240 e. The van der Waals surface area contributed by atoms with Crippen molar-refractivity contribution < 1.29 is 4.39 Å². The number of aromatic nitrogens is 1. The summed E-state index contributed by atoms with van der Waals surface area (Å²) in [5.74, 6) is -0.241. The van der Waals surface area contributed by atoms with Gasteiger partial charge >= 0.3 is 0 Å². The van der Waals surface area contributed by atoms with E-state index in [0.717, 1.165) is 21.8 Å². The molecule has 0 aliphatic carbocycles. The van der Waals surface area contributed by atoms with Gasteiger partial charge in [-0.25, -0.2) is 9.37 Å². The minimum atomic E-state index is -0.241. The monoisotopic (exact) mass is 232 g/mol. The summed E-state index contributed by atoms with van der Waals surface area (Å²) in [6, 6.07) is 6.69. The van der Waals surface area contributed by atoms with Gasteiger partial charge in [0.25, 0.3) is 0 Å². The second-order valence-electron chi connectivity index (χ2n) is 3.44. The lowest BCUT2D eigenvalue weighted by Crippen LogP contribution is -1.86. The van der Waals surface area contributed by atoms with Crippen LogP contribution < -0.4 is 0 Å². The number of halogens is 1. The van der Waals surface area contributed by atoms with Crippen molar-refractivity contribution >= 4 is 11.3 Å². The quantitative estimate of drug-likeness (QED) is 0.796. The summed E-state index contributed by atoms with van der Waals surface area (Å²) in [6.07, 6.45) is 0.316. The smallest absolute Gasteiger partial charge is 0.123 e. The van der Waals surface area contributed by atoms with Crippen LogP contribution in [0.5, 0.6) is 0 Å². The van der Waals surface area contributed by atoms with Crippen LogP contribution in [-0.2, 0) is 6.42 Å². The molecule has 0 aliphatic rings. The van der Waals surface area contributed by atoms with E-state index in [0.29, 0.717) is 6.42 Å². The molecule has 4 heteroatoms. The Balaban J connectivity index is 2.39. The van der Waals surface area contributed by atoms with Crippen LogP contribution in [0.25, 0.3) is 10.6 Å². The Bertz CT molecular complexity index is 554. The summed E-state index contributed by atoms with van der Waals surface area (Å²) in [5, 5.41) is 11.3. The van der Waals surface area contributed by atoms with Gasteiger partial charge in [-0.1, -0.05) is 0 Å². The summed E-state index contributed by atoms with van der Waals surface area (Å²) >= 11 is 1.48. The number of nitrogens with zero attached hydrogens (tertiary/aromatic N) is 2. The first-order chi connectivity index (χ1) is 7.70. The van der Waals surface area contributed by atoms with Crippen molar-refractivity contribution in [3.05, 3.63) is 40.7 Å². The molecule has 2 aromatic rings. The van der Waals surface area contributed by atoms with Crippen LogP contribution in [-0.4, -0.2) is 4.98 Å². The van der Waals surface area contributed by atoms with Crippen LogP contribution in [0.3, 0.4) is 0 Å². The maximum absolute atomic E-state index is 12.9. The van der Waals surface area contributed by atoms with Gasteiger partial charge < -0.3 is 0 Å². The molecule has 1 aromatic carbocycles. The molecule has 0 unspecified atom stereocenters. The highest BCUT2D eigenvalue weighted by Crippen LogP contribution is 2.27. The van der Waals surface area contributed by atoms with Crippen molar-refractivity contribution in [3.8, 4) is 16.6 Å². The third-order valence-corrected chi connectivity index (χ3v) is 3.16. The predicted molar refractivity (Wildman–Crippen MR) is 61.6 cm³/mol. The lowest BCUT2D eigenvalue weighted by molar-refractivity contribution is 0.627. The van der Waals surface area contributed by atoms with E-state index in [1.54, 1.807) is 6.07 Å². The topological polar surface area (TPSA) is 36.7 Å². The van der Waals surface area contributed by atoms with Gasteiger partial charge in [-0.3, -0.25) is 0 Å². The molecule has 0 aliphatic heterocycles. The first-order valence-electron chi connectivity index (χ1n) is 4.78. The third-order valence-electron chi connectivity index (χ3n) is 2.23. The molecule has 0 saturated heterocycles. The lowest BCUT2D eigenvalue weighted by Gasteiger charge is -2.01. The van der Waals surface area contributed by atoms with E-state index >= 15 is 0 Å². The molecule has 0 bridgehead atoms. The summed E-state index contributed by atoms with van der Waals surface area (Å²) in [6.45, 7) is 1.85. The number of benzene rings is 1. The summed E-state index contributed by atoms with van der Waals surface area (Å²) in [7, 11) is 0. The second-order valence-corrected chi connectivity index (χ2v) is 4.30. The first kappa shape index (κ1) is 10.8. The average molecular weight is 232 g/mol. The second kappa shape index (κ2) is 4.42. The Morgan fingerprint density at radius 1 is 1.50 bits per heavy atom. The molecule has 16 heavy (non-hydrogen) atoms. The zero-order valence-electron chi connectivity index (χ0n) is 8.70. The molecular weight excluding hydrogens is 223 g/mol. The zero-order chi connectivity index (χ0) is 11.5. The van der Waals surface area contributed by atoms with Crippen molar-refractivity contribution in [3.63, 3.8) is 0 Å². The number of aryl methyl sites for hydroxylation is 1. The van der Waals surface area contributed by atoms with Crippen molar-refractivity contribution in [2.45, 2.75) is 13.3 Å². The lowest BCUT2D eigenvalue weighted by atomic mass is 10.1. The van der Waals surface area contributed by atoms with E-state index < -0.39 is 0 Å². The molecular formula is C12H9FN2S. The number of nitriles is 1. The highest BCUT2D eigenvalue weighted by atomic mass is 32.1. The van der Waals surface area contributed by atoms with Gasteiger partial charge in [0.05, 0.1) is 18.2 Å².